The first kappa shape index (κ1) is 18.1. The fourth-order valence-electron chi connectivity index (χ4n) is 1.93. The summed E-state index contributed by atoms with van der Waals surface area (Å²) in [6.45, 7) is 4.07. The minimum atomic E-state index is -0.680. The number of pyridine rings is 1. The van der Waals surface area contributed by atoms with Gasteiger partial charge in [0.2, 0.25) is 0 Å². The minimum absolute atomic E-state index is 0.0713. The van der Waals surface area contributed by atoms with Gasteiger partial charge in [0.1, 0.15) is 0 Å². The zero-order valence-electron chi connectivity index (χ0n) is 13.3. The van der Waals surface area contributed by atoms with Gasteiger partial charge in [-0.2, -0.15) is 0 Å². The van der Waals surface area contributed by atoms with Gasteiger partial charge in [0, 0.05) is 14.2 Å². The third-order valence-corrected chi connectivity index (χ3v) is 2.69. The van der Waals surface area contributed by atoms with Crippen LogP contribution >= 0.6 is 0 Å². The quantitative estimate of drug-likeness (QED) is 0.676. The SMILES string of the molecule is CCOC(=O)c1nc(COC)cc(COC)c1C(=O)OCC. The van der Waals surface area contributed by atoms with E-state index in [0.717, 1.165) is 0 Å². The molecule has 0 saturated heterocycles. The van der Waals surface area contributed by atoms with Gasteiger partial charge in [-0.1, -0.05) is 0 Å². The molecule has 0 aliphatic carbocycles. The van der Waals surface area contributed by atoms with Crippen LogP contribution in [0.25, 0.3) is 0 Å². The molecule has 0 spiro atoms. The normalized spacial score (nSPS) is 10.4. The third-order valence-electron chi connectivity index (χ3n) is 2.69. The number of hydrogen-bond donors (Lipinski definition) is 0. The van der Waals surface area contributed by atoms with E-state index in [9.17, 15) is 9.59 Å². The predicted octanol–water partition coefficient (Wildman–Crippen LogP) is 1.73. The van der Waals surface area contributed by atoms with Crippen molar-refractivity contribution in [1.82, 2.24) is 4.98 Å². The van der Waals surface area contributed by atoms with E-state index in [1.165, 1.54) is 14.2 Å². The van der Waals surface area contributed by atoms with Gasteiger partial charge in [-0.25, -0.2) is 14.6 Å². The number of carbonyl (C=O) groups excluding carboxylic acids is 2. The van der Waals surface area contributed by atoms with Crippen molar-refractivity contribution in [3.63, 3.8) is 0 Å². The average molecular weight is 311 g/mol. The first-order chi connectivity index (χ1) is 10.6. The smallest absolute Gasteiger partial charge is 0.357 e. The Kier molecular flexibility index (Phi) is 7.48. The summed E-state index contributed by atoms with van der Waals surface area (Å²) in [6.07, 6.45) is 0. The van der Waals surface area contributed by atoms with E-state index >= 15 is 0 Å². The monoisotopic (exact) mass is 311 g/mol. The van der Waals surface area contributed by atoms with E-state index in [1.807, 2.05) is 0 Å². The van der Waals surface area contributed by atoms with E-state index in [2.05, 4.69) is 4.98 Å². The molecule has 0 aromatic carbocycles. The van der Waals surface area contributed by atoms with Crippen molar-refractivity contribution < 1.29 is 28.5 Å². The maximum Gasteiger partial charge on any atom is 0.357 e. The summed E-state index contributed by atoms with van der Waals surface area (Å²) < 4.78 is 20.1. The highest BCUT2D eigenvalue weighted by atomic mass is 16.5. The predicted molar refractivity (Wildman–Crippen MR) is 77.6 cm³/mol. The molecule has 122 valence electrons. The van der Waals surface area contributed by atoms with Crippen LogP contribution in [0.15, 0.2) is 6.07 Å². The molecule has 1 aromatic heterocycles. The van der Waals surface area contributed by atoms with Crippen LogP contribution in [0.5, 0.6) is 0 Å². The lowest BCUT2D eigenvalue weighted by atomic mass is 10.1. The molecule has 0 fully saturated rings. The summed E-state index contributed by atoms with van der Waals surface area (Å²) in [7, 11) is 3.01. The second-order valence-electron chi connectivity index (χ2n) is 4.30. The number of methoxy groups -OCH3 is 2. The molecule has 0 aliphatic heterocycles. The molecule has 0 saturated carbocycles. The number of nitrogens with zero attached hydrogens (tertiary/aromatic N) is 1. The first-order valence-electron chi connectivity index (χ1n) is 6.93. The molecule has 1 aromatic rings. The summed E-state index contributed by atoms with van der Waals surface area (Å²) in [5.74, 6) is -1.31. The zero-order chi connectivity index (χ0) is 16.5. The number of ether oxygens (including phenoxy) is 4. The lowest BCUT2D eigenvalue weighted by Gasteiger charge is -2.14. The molecule has 0 aliphatic rings. The summed E-state index contributed by atoms with van der Waals surface area (Å²) in [6, 6.07) is 1.65. The molecule has 0 N–H and O–H groups in total. The van der Waals surface area contributed by atoms with Gasteiger partial charge < -0.3 is 18.9 Å². The number of esters is 2. The number of aromatic nitrogens is 1. The van der Waals surface area contributed by atoms with Crippen molar-refractivity contribution in [3.05, 3.63) is 28.6 Å². The highest BCUT2D eigenvalue weighted by Gasteiger charge is 2.26. The van der Waals surface area contributed by atoms with Crippen LogP contribution in [0.2, 0.25) is 0 Å². The number of rotatable bonds is 8. The van der Waals surface area contributed by atoms with Crippen molar-refractivity contribution in [3.8, 4) is 0 Å². The Balaban J connectivity index is 3.43. The molecule has 7 nitrogen and oxygen atoms in total. The second kappa shape index (κ2) is 9.11. The van der Waals surface area contributed by atoms with Gasteiger partial charge in [0.15, 0.2) is 5.69 Å². The van der Waals surface area contributed by atoms with Crippen molar-refractivity contribution in [2.75, 3.05) is 27.4 Å². The largest absolute Gasteiger partial charge is 0.462 e. The maximum absolute atomic E-state index is 12.2. The molecule has 0 bridgehead atoms. The Morgan fingerprint density at radius 1 is 1.00 bits per heavy atom. The van der Waals surface area contributed by atoms with Crippen LogP contribution in [-0.2, 0) is 32.2 Å². The fourth-order valence-corrected chi connectivity index (χ4v) is 1.93. The zero-order valence-corrected chi connectivity index (χ0v) is 13.3. The van der Waals surface area contributed by atoms with Crippen molar-refractivity contribution in [1.29, 1.82) is 0 Å². The van der Waals surface area contributed by atoms with Gasteiger partial charge >= 0.3 is 11.9 Å². The Bertz CT molecular complexity index is 529. The van der Waals surface area contributed by atoms with E-state index in [-0.39, 0.29) is 37.7 Å². The Hall–Kier alpha value is -1.99. The van der Waals surface area contributed by atoms with Gasteiger partial charge in [-0.3, -0.25) is 0 Å². The van der Waals surface area contributed by atoms with E-state index in [4.69, 9.17) is 18.9 Å². The van der Waals surface area contributed by atoms with Gasteiger partial charge in [0.05, 0.1) is 37.7 Å². The molecule has 22 heavy (non-hydrogen) atoms. The highest BCUT2D eigenvalue weighted by Crippen LogP contribution is 2.19. The van der Waals surface area contributed by atoms with E-state index in [1.54, 1.807) is 19.9 Å². The standard InChI is InChI=1S/C15H21NO6/c1-5-21-14(17)12-10(8-19-3)7-11(9-20-4)16-13(12)15(18)22-6-2/h7H,5-6,8-9H2,1-4H3. The topological polar surface area (TPSA) is 84.0 Å². The second-order valence-corrected chi connectivity index (χ2v) is 4.30. The van der Waals surface area contributed by atoms with Crippen LogP contribution in [0.3, 0.4) is 0 Å². The maximum atomic E-state index is 12.2. The molecule has 0 amide bonds. The van der Waals surface area contributed by atoms with Gasteiger partial charge in [-0.15, -0.1) is 0 Å². The number of hydrogen-bond acceptors (Lipinski definition) is 7. The molecular formula is C15H21NO6. The molecule has 0 atom stereocenters. The van der Waals surface area contributed by atoms with Crippen molar-refractivity contribution >= 4 is 11.9 Å². The van der Waals surface area contributed by atoms with E-state index < -0.39 is 11.9 Å². The summed E-state index contributed by atoms with van der Waals surface area (Å²) in [5.41, 5.74) is 1.00. The Labute approximate surface area is 129 Å². The molecule has 7 heteroatoms. The first-order valence-corrected chi connectivity index (χ1v) is 6.93. The fraction of sp³-hybridized carbons (Fsp3) is 0.533. The van der Waals surface area contributed by atoms with Gasteiger partial charge in [-0.05, 0) is 25.5 Å². The van der Waals surface area contributed by atoms with Crippen LogP contribution in [-0.4, -0.2) is 44.4 Å². The lowest BCUT2D eigenvalue weighted by molar-refractivity contribution is 0.0468. The van der Waals surface area contributed by atoms with Gasteiger partial charge in [0.25, 0.3) is 0 Å². The highest BCUT2D eigenvalue weighted by molar-refractivity contribution is 6.02. The molecule has 1 heterocycles. The van der Waals surface area contributed by atoms with Crippen LogP contribution in [0.4, 0.5) is 0 Å². The lowest BCUT2D eigenvalue weighted by Crippen LogP contribution is -2.20. The molecule has 0 unspecified atom stereocenters. The van der Waals surface area contributed by atoms with E-state index in [0.29, 0.717) is 11.3 Å². The number of carbonyl (C=O) groups is 2. The molecule has 1 rings (SSSR count). The molecule has 0 radical (unpaired) electrons. The minimum Gasteiger partial charge on any atom is -0.462 e. The van der Waals surface area contributed by atoms with Crippen molar-refractivity contribution in [2.24, 2.45) is 0 Å². The van der Waals surface area contributed by atoms with Crippen molar-refractivity contribution in [2.45, 2.75) is 27.1 Å². The van der Waals surface area contributed by atoms with Crippen LogP contribution in [0, 0.1) is 0 Å². The third kappa shape index (κ3) is 4.51. The molecular weight excluding hydrogens is 290 g/mol. The average Bonchev–Trinajstić information content (AvgIpc) is 2.48. The summed E-state index contributed by atoms with van der Waals surface area (Å²) >= 11 is 0. The Morgan fingerprint density at radius 3 is 2.14 bits per heavy atom. The van der Waals surface area contributed by atoms with Crippen LogP contribution in [0.1, 0.15) is 46.0 Å². The Morgan fingerprint density at radius 2 is 1.59 bits per heavy atom. The summed E-state index contributed by atoms with van der Waals surface area (Å²) in [4.78, 5) is 28.5. The van der Waals surface area contributed by atoms with Crippen LogP contribution < -0.4 is 0 Å². The summed E-state index contributed by atoms with van der Waals surface area (Å²) in [5, 5.41) is 0.